The van der Waals surface area contributed by atoms with E-state index < -0.39 is 11.4 Å². The van der Waals surface area contributed by atoms with Gasteiger partial charge in [-0.1, -0.05) is 36.4 Å². The zero-order valence-corrected chi connectivity index (χ0v) is 11.8. The molecule has 0 aliphatic rings. The number of halogens is 1. The summed E-state index contributed by atoms with van der Waals surface area (Å²) in [5.74, 6) is -1.17. The highest BCUT2D eigenvalue weighted by atomic mass is 19.1. The van der Waals surface area contributed by atoms with Crippen LogP contribution in [0.25, 0.3) is 11.1 Å². The van der Waals surface area contributed by atoms with E-state index in [0.717, 1.165) is 0 Å². The molecular formula is C17H17FO2. The number of carboxylic acid groups (broad SMARTS) is 1. The van der Waals surface area contributed by atoms with Crippen molar-refractivity contribution in [3.05, 3.63) is 59.4 Å². The van der Waals surface area contributed by atoms with Crippen LogP contribution >= 0.6 is 0 Å². The summed E-state index contributed by atoms with van der Waals surface area (Å²) >= 11 is 0. The largest absolute Gasteiger partial charge is 0.481 e. The fourth-order valence-electron chi connectivity index (χ4n) is 2.07. The van der Waals surface area contributed by atoms with E-state index in [0.29, 0.717) is 22.3 Å². The first-order valence-corrected chi connectivity index (χ1v) is 6.43. The maximum Gasteiger partial charge on any atom is 0.313 e. The Bertz CT molecular complexity index is 660. The van der Waals surface area contributed by atoms with Gasteiger partial charge in [-0.05, 0) is 43.5 Å². The molecule has 0 spiro atoms. The number of carboxylic acids is 1. The molecule has 2 aromatic carbocycles. The standard InChI is InChI=1S/C17H17FO2/c1-11-6-4-9-14(15(11)18)12-7-5-8-13(10-12)17(2,3)16(19)20/h4-10H,1-3H3,(H,19,20). The second-order valence-corrected chi connectivity index (χ2v) is 5.45. The molecule has 0 bridgehead atoms. The number of hydrogen-bond donors (Lipinski definition) is 1. The summed E-state index contributed by atoms with van der Waals surface area (Å²) in [7, 11) is 0. The Kier molecular flexibility index (Phi) is 3.62. The third-order valence-corrected chi connectivity index (χ3v) is 3.62. The van der Waals surface area contributed by atoms with Gasteiger partial charge in [-0.2, -0.15) is 0 Å². The highest BCUT2D eigenvalue weighted by molar-refractivity contribution is 5.81. The van der Waals surface area contributed by atoms with Crippen molar-refractivity contribution in [2.75, 3.05) is 0 Å². The Morgan fingerprint density at radius 2 is 1.80 bits per heavy atom. The van der Waals surface area contributed by atoms with Gasteiger partial charge in [-0.15, -0.1) is 0 Å². The van der Waals surface area contributed by atoms with Gasteiger partial charge >= 0.3 is 5.97 Å². The zero-order chi connectivity index (χ0) is 14.9. The summed E-state index contributed by atoms with van der Waals surface area (Å²) in [4.78, 5) is 11.3. The first-order chi connectivity index (χ1) is 9.34. The number of hydrogen-bond acceptors (Lipinski definition) is 1. The predicted molar refractivity (Wildman–Crippen MR) is 77.2 cm³/mol. The van der Waals surface area contributed by atoms with Gasteiger partial charge in [0.15, 0.2) is 0 Å². The molecule has 104 valence electrons. The van der Waals surface area contributed by atoms with Gasteiger partial charge in [0.25, 0.3) is 0 Å². The Morgan fingerprint density at radius 3 is 2.45 bits per heavy atom. The molecule has 0 atom stereocenters. The van der Waals surface area contributed by atoms with Crippen LogP contribution in [0.5, 0.6) is 0 Å². The van der Waals surface area contributed by atoms with E-state index in [4.69, 9.17) is 0 Å². The zero-order valence-electron chi connectivity index (χ0n) is 11.8. The molecule has 2 aromatic rings. The van der Waals surface area contributed by atoms with Gasteiger partial charge in [-0.3, -0.25) is 4.79 Å². The lowest BCUT2D eigenvalue weighted by Gasteiger charge is -2.20. The van der Waals surface area contributed by atoms with Crippen molar-refractivity contribution in [2.45, 2.75) is 26.2 Å². The second kappa shape index (κ2) is 5.08. The monoisotopic (exact) mass is 272 g/mol. The molecule has 3 heteroatoms. The normalized spacial score (nSPS) is 11.4. The van der Waals surface area contributed by atoms with Crippen LogP contribution < -0.4 is 0 Å². The van der Waals surface area contributed by atoms with E-state index in [9.17, 15) is 14.3 Å². The summed E-state index contributed by atoms with van der Waals surface area (Å²) in [5.41, 5.74) is 1.41. The molecular weight excluding hydrogens is 255 g/mol. The third-order valence-electron chi connectivity index (χ3n) is 3.62. The molecule has 0 saturated carbocycles. The first kappa shape index (κ1) is 14.3. The highest BCUT2D eigenvalue weighted by Gasteiger charge is 2.29. The Labute approximate surface area is 117 Å². The molecule has 0 aliphatic carbocycles. The Hall–Kier alpha value is -2.16. The molecule has 0 unspecified atom stereocenters. The molecule has 2 rings (SSSR count). The predicted octanol–water partition coefficient (Wildman–Crippen LogP) is 4.16. The van der Waals surface area contributed by atoms with E-state index >= 15 is 0 Å². The number of benzene rings is 2. The fourth-order valence-corrected chi connectivity index (χ4v) is 2.07. The van der Waals surface area contributed by atoms with Crippen molar-refractivity contribution >= 4 is 5.97 Å². The van der Waals surface area contributed by atoms with Crippen LogP contribution in [0.2, 0.25) is 0 Å². The lowest BCUT2D eigenvalue weighted by Crippen LogP contribution is -2.28. The van der Waals surface area contributed by atoms with Crippen molar-refractivity contribution in [2.24, 2.45) is 0 Å². The maximum atomic E-state index is 14.2. The van der Waals surface area contributed by atoms with Crippen molar-refractivity contribution in [3.8, 4) is 11.1 Å². The lowest BCUT2D eigenvalue weighted by molar-refractivity contribution is -0.142. The van der Waals surface area contributed by atoms with Crippen LogP contribution in [0.4, 0.5) is 4.39 Å². The molecule has 0 aliphatic heterocycles. The molecule has 20 heavy (non-hydrogen) atoms. The summed E-state index contributed by atoms with van der Waals surface area (Å²) in [6.45, 7) is 4.99. The van der Waals surface area contributed by atoms with Gasteiger partial charge in [0.1, 0.15) is 5.82 Å². The van der Waals surface area contributed by atoms with Crippen LogP contribution in [-0.2, 0) is 10.2 Å². The molecule has 0 amide bonds. The Balaban J connectivity index is 2.56. The summed E-state index contributed by atoms with van der Waals surface area (Å²) in [6, 6.07) is 12.3. The van der Waals surface area contributed by atoms with E-state index in [-0.39, 0.29) is 5.82 Å². The van der Waals surface area contributed by atoms with Crippen molar-refractivity contribution in [3.63, 3.8) is 0 Å². The number of aliphatic carboxylic acids is 1. The van der Waals surface area contributed by atoms with Crippen molar-refractivity contribution < 1.29 is 14.3 Å². The van der Waals surface area contributed by atoms with E-state index in [1.54, 1.807) is 63.2 Å². The van der Waals surface area contributed by atoms with Crippen LogP contribution in [0, 0.1) is 12.7 Å². The topological polar surface area (TPSA) is 37.3 Å². The average Bonchev–Trinajstić information content (AvgIpc) is 2.42. The molecule has 1 N–H and O–H groups in total. The quantitative estimate of drug-likeness (QED) is 0.910. The van der Waals surface area contributed by atoms with Crippen LogP contribution in [0.1, 0.15) is 25.0 Å². The minimum absolute atomic E-state index is 0.266. The maximum absolute atomic E-state index is 14.2. The summed E-state index contributed by atoms with van der Waals surface area (Å²) in [5, 5.41) is 9.28. The van der Waals surface area contributed by atoms with Crippen molar-refractivity contribution in [1.29, 1.82) is 0 Å². The molecule has 0 heterocycles. The Morgan fingerprint density at radius 1 is 1.15 bits per heavy atom. The van der Waals surface area contributed by atoms with Gasteiger partial charge < -0.3 is 5.11 Å². The molecule has 0 radical (unpaired) electrons. The summed E-state index contributed by atoms with van der Waals surface area (Å²) in [6.07, 6.45) is 0. The number of aryl methyl sites for hydroxylation is 1. The van der Waals surface area contributed by atoms with Crippen LogP contribution in [0.3, 0.4) is 0 Å². The van der Waals surface area contributed by atoms with E-state index in [1.807, 2.05) is 0 Å². The third kappa shape index (κ3) is 2.44. The first-order valence-electron chi connectivity index (χ1n) is 6.43. The summed E-state index contributed by atoms with van der Waals surface area (Å²) < 4.78 is 14.2. The number of carbonyl (C=O) groups is 1. The highest BCUT2D eigenvalue weighted by Crippen LogP contribution is 2.30. The van der Waals surface area contributed by atoms with E-state index in [2.05, 4.69) is 0 Å². The molecule has 2 nitrogen and oxygen atoms in total. The van der Waals surface area contributed by atoms with Gasteiger partial charge in [0.05, 0.1) is 5.41 Å². The van der Waals surface area contributed by atoms with Crippen LogP contribution in [0.15, 0.2) is 42.5 Å². The SMILES string of the molecule is Cc1cccc(-c2cccc(C(C)(C)C(=O)O)c2)c1F. The molecule has 0 saturated heterocycles. The van der Waals surface area contributed by atoms with E-state index in [1.165, 1.54) is 0 Å². The van der Waals surface area contributed by atoms with Gasteiger partial charge in [0.2, 0.25) is 0 Å². The molecule has 0 aromatic heterocycles. The smallest absolute Gasteiger partial charge is 0.313 e. The van der Waals surface area contributed by atoms with Gasteiger partial charge in [0, 0.05) is 5.56 Å². The number of rotatable bonds is 3. The minimum Gasteiger partial charge on any atom is -0.481 e. The average molecular weight is 272 g/mol. The van der Waals surface area contributed by atoms with Crippen molar-refractivity contribution in [1.82, 2.24) is 0 Å². The van der Waals surface area contributed by atoms with Crippen LogP contribution in [-0.4, -0.2) is 11.1 Å². The molecule has 0 fully saturated rings. The van der Waals surface area contributed by atoms with Gasteiger partial charge in [-0.25, -0.2) is 4.39 Å². The fraction of sp³-hybridized carbons (Fsp3) is 0.235. The minimum atomic E-state index is -1.00. The second-order valence-electron chi connectivity index (χ2n) is 5.45. The lowest BCUT2D eigenvalue weighted by atomic mass is 9.83.